The topological polar surface area (TPSA) is 20.3 Å². The highest BCUT2D eigenvalue weighted by atomic mass is 16.1. The Morgan fingerprint density at radius 1 is 1.00 bits per heavy atom. The Kier molecular flexibility index (Phi) is 6.16. The highest BCUT2D eigenvalue weighted by Crippen LogP contribution is 2.16. The first-order chi connectivity index (χ1) is 11.2. The summed E-state index contributed by atoms with van der Waals surface area (Å²) in [6.45, 7) is 8.40. The summed E-state index contributed by atoms with van der Waals surface area (Å²) in [6.07, 6.45) is 4.48. The first-order valence-corrected chi connectivity index (χ1v) is 8.34. The Hall–Kier alpha value is -2.35. The number of benzene rings is 2. The van der Waals surface area contributed by atoms with Crippen molar-refractivity contribution in [2.45, 2.75) is 27.2 Å². The van der Waals surface area contributed by atoms with Crippen LogP contribution in [0.25, 0.3) is 6.08 Å². The zero-order valence-electron chi connectivity index (χ0n) is 14.3. The number of rotatable bonds is 7. The average molecular weight is 307 g/mol. The highest BCUT2D eigenvalue weighted by molar-refractivity contribution is 6.06. The lowest BCUT2D eigenvalue weighted by Crippen LogP contribution is -2.21. The fraction of sp³-hybridized carbons (Fsp3) is 0.286. The number of anilines is 1. The van der Waals surface area contributed by atoms with Crippen molar-refractivity contribution >= 4 is 17.5 Å². The van der Waals surface area contributed by atoms with Crippen LogP contribution in [0.3, 0.4) is 0 Å². The average Bonchev–Trinajstić information content (AvgIpc) is 2.61. The zero-order valence-corrected chi connectivity index (χ0v) is 14.3. The predicted octanol–water partition coefficient (Wildman–Crippen LogP) is 4.99. The number of aryl methyl sites for hydroxylation is 1. The summed E-state index contributed by atoms with van der Waals surface area (Å²) in [5.74, 6) is 0.0492. The molecule has 2 aromatic rings. The number of hydrogen-bond donors (Lipinski definition) is 0. The molecule has 0 unspecified atom stereocenters. The van der Waals surface area contributed by atoms with Crippen LogP contribution < -0.4 is 4.90 Å². The maximum Gasteiger partial charge on any atom is 0.185 e. The third-order valence-corrected chi connectivity index (χ3v) is 4.07. The van der Waals surface area contributed by atoms with Crippen molar-refractivity contribution in [1.29, 1.82) is 0 Å². The van der Waals surface area contributed by atoms with Gasteiger partial charge in [0.1, 0.15) is 0 Å². The highest BCUT2D eigenvalue weighted by Gasteiger charge is 2.03. The summed E-state index contributed by atoms with van der Waals surface area (Å²) < 4.78 is 0. The number of ketones is 1. The quantitative estimate of drug-likeness (QED) is 0.530. The molecule has 0 bridgehead atoms. The summed E-state index contributed by atoms with van der Waals surface area (Å²) in [5.41, 5.74) is 4.20. The molecule has 2 heteroatoms. The minimum absolute atomic E-state index is 0.0492. The van der Waals surface area contributed by atoms with E-state index in [0.717, 1.165) is 30.6 Å². The molecular formula is C21H25NO. The lowest BCUT2D eigenvalue weighted by atomic mass is 10.0. The van der Waals surface area contributed by atoms with Crippen LogP contribution in [0.1, 0.15) is 42.3 Å². The molecule has 0 heterocycles. The van der Waals surface area contributed by atoms with Gasteiger partial charge in [0, 0.05) is 24.3 Å². The van der Waals surface area contributed by atoms with E-state index in [2.05, 4.69) is 49.9 Å². The Morgan fingerprint density at radius 2 is 1.70 bits per heavy atom. The van der Waals surface area contributed by atoms with Crippen molar-refractivity contribution in [1.82, 2.24) is 0 Å². The number of hydrogen-bond acceptors (Lipinski definition) is 2. The minimum atomic E-state index is 0.0492. The smallest absolute Gasteiger partial charge is 0.185 e. The number of allylic oxidation sites excluding steroid dienone is 1. The van der Waals surface area contributed by atoms with Crippen LogP contribution in [0.15, 0.2) is 54.6 Å². The molecule has 120 valence electrons. The maximum atomic E-state index is 12.3. The van der Waals surface area contributed by atoms with E-state index in [1.54, 1.807) is 6.08 Å². The first-order valence-electron chi connectivity index (χ1n) is 8.34. The molecular weight excluding hydrogens is 282 g/mol. The second kappa shape index (κ2) is 8.33. The van der Waals surface area contributed by atoms with Gasteiger partial charge in [-0.3, -0.25) is 4.79 Å². The van der Waals surface area contributed by atoms with Gasteiger partial charge >= 0.3 is 0 Å². The molecule has 0 aromatic heterocycles. The first kappa shape index (κ1) is 17.0. The summed E-state index contributed by atoms with van der Waals surface area (Å²) in [4.78, 5) is 14.6. The molecule has 0 aliphatic rings. The van der Waals surface area contributed by atoms with E-state index in [-0.39, 0.29) is 5.78 Å². The molecule has 0 N–H and O–H groups in total. The van der Waals surface area contributed by atoms with Crippen molar-refractivity contribution in [3.05, 3.63) is 71.3 Å². The molecule has 2 nitrogen and oxygen atoms in total. The Balaban J connectivity index is 2.08. The molecule has 0 saturated carbocycles. The van der Waals surface area contributed by atoms with Crippen LogP contribution in [-0.4, -0.2) is 18.9 Å². The molecule has 23 heavy (non-hydrogen) atoms. The Labute approximate surface area is 139 Å². The zero-order chi connectivity index (χ0) is 16.7. The predicted molar refractivity (Wildman–Crippen MR) is 99.2 cm³/mol. The van der Waals surface area contributed by atoms with E-state index in [0.29, 0.717) is 0 Å². The molecule has 0 aliphatic heterocycles. The fourth-order valence-corrected chi connectivity index (χ4v) is 2.60. The van der Waals surface area contributed by atoms with Gasteiger partial charge in [0.05, 0.1) is 0 Å². The van der Waals surface area contributed by atoms with Crippen molar-refractivity contribution in [3.63, 3.8) is 0 Å². The van der Waals surface area contributed by atoms with E-state index in [4.69, 9.17) is 0 Å². The van der Waals surface area contributed by atoms with Gasteiger partial charge in [-0.05, 0) is 55.7 Å². The van der Waals surface area contributed by atoms with E-state index < -0.39 is 0 Å². The Bertz CT molecular complexity index is 666. The van der Waals surface area contributed by atoms with Crippen molar-refractivity contribution < 1.29 is 4.79 Å². The molecule has 0 atom stereocenters. The lowest BCUT2D eigenvalue weighted by Gasteiger charge is -2.20. The number of nitrogens with zero attached hydrogens (tertiary/aromatic N) is 1. The summed E-state index contributed by atoms with van der Waals surface area (Å²) >= 11 is 0. The van der Waals surface area contributed by atoms with Crippen LogP contribution in [0, 0.1) is 0 Å². The SMILES string of the molecule is CCc1cccc(C(=O)C=Cc2ccc(N(CC)CC)cc2)c1. The van der Waals surface area contributed by atoms with Gasteiger partial charge in [-0.2, -0.15) is 0 Å². The van der Waals surface area contributed by atoms with Gasteiger partial charge < -0.3 is 4.90 Å². The summed E-state index contributed by atoms with van der Waals surface area (Å²) in [7, 11) is 0. The fourth-order valence-electron chi connectivity index (χ4n) is 2.60. The Morgan fingerprint density at radius 3 is 2.30 bits per heavy atom. The third-order valence-electron chi connectivity index (χ3n) is 4.07. The molecule has 0 spiro atoms. The van der Waals surface area contributed by atoms with E-state index in [1.807, 2.05) is 30.3 Å². The molecule has 0 radical (unpaired) electrons. The van der Waals surface area contributed by atoms with Gasteiger partial charge in [0.2, 0.25) is 0 Å². The molecule has 2 rings (SSSR count). The second-order valence-electron chi connectivity index (χ2n) is 5.52. The van der Waals surface area contributed by atoms with Gasteiger partial charge in [-0.15, -0.1) is 0 Å². The number of carbonyl (C=O) groups excluding carboxylic acids is 1. The molecule has 0 amide bonds. The van der Waals surface area contributed by atoms with Crippen molar-refractivity contribution in [2.75, 3.05) is 18.0 Å². The summed E-state index contributed by atoms with van der Waals surface area (Å²) in [5, 5.41) is 0. The standard InChI is InChI=1S/C21H25NO/c1-4-17-8-7-9-19(16-17)21(23)15-12-18-10-13-20(14-11-18)22(5-2)6-3/h7-16H,4-6H2,1-3H3. The monoisotopic (exact) mass is 307 g/mol. The van der Waals surface area contributed by atoms with E-state index >= 15 is 0 Å². The molecule has 0 saturated heterocycles. The van der Waals surface area contributed by atoms with Crippen LogP contribution in [-0.2, 0) is 6.42 Å². The molecule has 2 aromatic carbocycles. The normalized spacial score (nSPS) is 10.9. The van der Waals surface area contributed by atoms with Gasteiger partial charge in [0.25, 0.3) is 0 Å². The van der Waals surface area contributed by atoms with Crippen LogP contribution in [0.5, 0.6) is 0 Å². The third kappa shape index (κ3) is 4.56. The van der Waals surface area contributed by atoms with Crippen molar-refractivity contribution in [2.24, 2.45) is 0 Å². The van der Waals surface area contributed by atoms with Gasteiger partial charge in [0.15, 0.2) is 5.78 Å². The largest absolute Gasteiger partial charge is 0.372 e. The van der Waals surface area contributed by atoms with Gasteiger partial charge in [-0.25, -0.2) is 0 Å². The lowest BCUT2D eigenvalue weighted by molar-refractivity contribution is 0.104. The second-order valence-corrected chi connectivity index (χ2v) is 5.52. The van der Waals surface area contributed by atoms with Crippen molar-refractivity contribution in [3.8, 4) is 0 Å². The molecule has 0 fully saturated rings. The van der Waals surface area contributed by atoms with Gasteiger partial charge in [-0.1, -0.05) is 43.3 Å². The molecule has 0 aliphatic carbocycles. The van der Waals surface area contributed by atoms with E-state index in [9.17, 15) is 4.79 Å². The van der Waals surface area contributed by atoms with E-state index in [1.165, 1.54) is 11.3 Å². The summed E-state index contributed by atoms with van der Waals surface area (Å²) in [6, 6.07) is 16.2. The minimum Gasteiger partial charge on any atom is -0.372 e. The maximum absolute atomic E-state index is 12.3. The van der Waals surface area contributed by atoms with Crippen LogP contribution >= 0.6 is 0 Å². The number of carbonyl (C=O) groups is 1. The van der Waals surface area contributed by atoms with Crippen LogP contribution in [0.4, 0.5) is 5.69 Å². The van der Waals surface area contributed by atoms with Crippen LogP contribution in [0.2, 0.25) is 0 Å².